The smallest absolute Gasteiger partial charge is 0.243 e. The van der Waals surface area contributed by atoms with E-state index in [-0.39, 0.29) is 37.8 Å². The molecule has 0 heterocycles. The fourth-order valence-electron chi connectivity index (χ4n) is 2.34. The highest BCUT2D eigenvalue weighted by molar-refractivity contribution is 5.90. The second kappa shape index (κ2) is 11.7. The lowest BCUT2D eigenvalue weighted by Gasteiger charge is -2.19. The third kappa shape index (κ3) is 8.63. The maximum absolute atomic E-state index is 12.3. The fraction of sp³-hybridized carbons (Fsp3) is 0.474. The Kier molecular flexibility index (Phi) is 9.66. The second-order valence-electron chi connectivity index (χ2n) is 6.80. The van der Waals surface area contributed by atoms with Gasteiger partial charge in [-0.1, -0.05) is 44.2 Å². The van der Waals surface area contributed by atoms with E-state index in [0.717, 1.165) is 5.56 Å². The molecule has 2 atom stereocenters. The number of benzene rings is 1. The van der Waals surface area contributed by atoms with Crippen LogP contribution in [0.5, 0.6) is 0 Å². The third-order valence-electron chi connectivity index (χ3n) is 4.04. The summed E-state index contributed by atoms with van der Waals surface area (Å²) in [5, 5.41) is 7.62. The molecule has 0 aliphatic carbocycles. The Morgan fingerprint density at radius 3 is 2.21 bits per heavy atom. The molecule has 0 aliphatic heterocycles. The van der Waals surface area contributed by atoms with E-state index in [1.165, 1.54) is 0 Å². The van der Waals surface area contributed by atoms with Gasteiger partial charge < -0.3 is 27.4 Å². The van der Waals surface area contributed by atoms with E-state index >= 15 is 0 Å². The van der Waals surface area contributed by atoms with Gasteiger partial charge >= 0.3 is 0 Å². The summed E-state index contributed by atoms with van der Waals surface area (Å²) < 4.78 is 0. The number of carbonyl (C=O) groups is 4. The number of nitrogens with two attached hydrogens (primary N) is 2. The Bertz CT molecular complexity index is 678. The van der Waals surface area contributed by atoms with Crippen molar-refractivity contribution in [3.8, 4) is 0 Å². The first kappa shape index (κ1) is 23.1. The fourth-order valence-corrected chi connectivity index (χ4v) is 2.34. The number of hydrogen-bond acceptors (Lipinski definition) is 5. The monoisotopic (exact) mass is 391 g/mol. The van der Waals surface area contributed by atoms with E-state index in [0.29, 0.717) is 0 Å². The molecular weight excluding hydrogens is 362 g/mol. The van der Waals surface area contributed by atoms with Crippen molar-refractivity contribution in [2.75, 3.05) is 13.1 Å². The van der Waals surface area contributed by atoms with Gasteiger partial charge in [-0.2, -0.15) is 0 Å². The van der Waals surface area contributed by atoms with Gasteiger partial charge in [-0.15, -0.1) is 0 Å². The number of primary amides is 1. The van der Waals surface area contributed by atoms with Gasteiger partial charge in [0.15, 0.2) is 0 Å². The molecule has 1 aromatic rings. The van der Waals surface area contributed by atoms with Crippen LogP contribution in [0.1, 0.15) is 25.8 Å². The van der Waals surface area contributed by atoms with Crippen LogP contribution >= 0.6 is 0 Å². The molecule has 154 valence electrons. The molecule has 1 rings (SSSR count). The molecular formula is C19H29N5O4. The lowest BCUT2D eigenvalue weighted by Crippen LogP contribution is -2.50. The van der Waals surface area contributed by atoms with Gasteiger partial charge in [0.05, 0.1) is 12.6 Å². The van der Waals surface area contributed by atoms with Crippen LogP contribution in [0.2, 0.25) is 0 Å². The predicted molar refractivity (Wildman–Crippen MR) is 105 cm³/mol. The number of amides is 4. The van der Waals surface area contributed by atoms with E-state index in [2.05, 4.69) is 16.0 Å². The average molecular weight is 391 g/mol. The van der Waals surface area contributed by atoms with Crippen molar-refractivity contribution < 1.29 is 19.2 Å². The Hall–Kier alpha value is -2.94. The SMILES string of the molecule is CC(C)[C@H](N)C(=O)NCCC(=O)N[C@@H](Cc1ccccc1)C(=O)NCC(N)=O. The second-order valence-corrected chi connectivity index (χ2v) is 6.80. The van der Waals surface area contributed by atoms with E-state index in [1.54, 1.807) is 0 Å². The van der Waals surface area contributed by atoms with Crippen molar-refractivity contribution in [2.24, 2.45) is 17.4 Å². The first-order valence-corrected chi connectivity index (χ1v) is 9.13. The van der Waals surface area contributed by atoms with Crippen LogP contribution in [-0.4, -0.2) is 48.8 Å². The number of nitrogens with one attached hydrogen (secondary N) is 3. The number of hydrogen-bond donors (Lipinski definition) is 5. The summed E-state index contributed by atoms with van der Waals surface area (Å²) in [5.74, 6) is -1.95. The summed E-state index contributed by atoms with van der Waals surface area (Å²) >= 11 is 0. The first-order chi connectivity index (χ1) is 13.2. The van der Waals surface area contributed by atoms with Crippen molar-refractivity contribution in [2.45, 2.75) is 38.8 Å². The lowest BCUT2D eigenvalue weighted by atomic mass is 10.0. The molecule has 0 bridgehead atoms. The topological polar surface area (TPSA) is 156 Å². The maximum Gasteiger partial charge on any atom is 0.243 e. The van der Waals surface area contributed by atoms with Gasteiger partial charge in [0.2, 0.25) is 23.6 Å². The average Bonchev–Trinajstić information content (AvgIpc) is 2.65. The van der Waals surface area contributed by atoms with Gasteiger partial charge in [0, 0.05) is 19.4 Å². The number of rotatable bonds is 11. The molecule has 28 heavy (non-hydrogen) atoms. The van der Waals surface area contributed by atoms with Gasteiger partial charge in [-0.05, 0) is 11.5 Å². The van der Waals surface area contributed by atoms with Crippen molar-refractivity contribution in [3.63, 3.8) is 0 Å². The molecule has 0 unspecified atom stereocenters. The minimum atomic E-state index is -0.872. The molecule has 4 amide bonds. The minimum Gasteiger partial charge on any atom is -0.368 e. The summed E-state index contributed by atoms with van der Waals surface area (Å²) in [6, 6.07) is 7.62. The Morgan fingerprint density at radius 2 is 1.64 bits per heavy atom. The molecule has 0 saturated heterocycles. The summed E-state index contributed by atoms with van der Waals surface area (Å²) in [4.78, 5) is 47.2. The van der Waals surface area contributed by atoms with Crippen molar-refractivity contribution >= 4 is 23.6 Å². The van der Waals surface area contributed by atoms with Gasteiger partial charge in [-0.25, -0.2) is 0 Å². The minimum absolute atomic E-state index is 0.00898. The van der Waals surface area contributed by atoms with Crippen LogP contribution in [0.25, 0.3) is 0 Å². The van der Waals surface area contributed by atoms with Crippen LogP contribution in [0, 0.1) is 5.92 Å². The van der Waals surface area contributed by atoms with Crippen LogP contribution in [0.15, 0.2) is 30.3 Å². The highest BCUT2D eigenvalue weighted by Gasteiger charge is 2.22. The van der Waals surface area contributed by atoms with Gasteiger partial charge in [0.1, 0.15) is 6.04 Å². The lowest BCUT2D eigenvalue weighted by molar-refractivity contribution is -0.130. The molecule has 0 aromatic heterocycles. The molecule has 0 spiro atoms. The number of carbonyl (C=O) groups excluding carboxylic acids is 4. The van der Waals surface area contributed by atoms with Crippen LogP contribution in [0.3, 0.4) is 0 Å². The van der Waals surface area contributed by atoms with Crippen molar-refractivity contribution in [3.05, 3.63) is 35.9 Å². The molecule has 1 aromatic carbocycles. The van der Waals surface area contributed by atoms with E-state index < -0.39 is 29.8 Å². The Morgan fingerprint density at radius 1 is 1.00 bits per heavy atom. The molecule has 0 aliphatic rings. The van der Waals surface area contributed by atoms with E-state index in [4.69, 9.17) is 11.5 Å². The zero-order valence-corrected chi connectivity index (χ0v) is 16.2. The quantitative estimate of drug-likeness (QED) is 0.320. The van der Waals surface area contributed by atoms with Crippen molar-refractivity contribution in [1.29, 1.82) is 0 Å². The molecule has 9 heteroatoms. The first-order valence-electron chi connectivity index (χ1n) is 9.13. The zero-order chi connectivity index (χ0) is 21.1. The normalized spacial score (nSPS) is 12.7. The highest BCUT2D eigenvalue weighted by atomic mass is 16.2. The maximum atomic E-state index is 12.3. The summed E-state index contributed by atoms with van der Waals surface area (Å²) in [6.07, 6.45) is 0.243. The summed E-state index contributed by atoms with van der Waals surface area (Å²) in [6.45, 7) is 3.45. The highest BCUT2D eigenvalue weighted by Crippen LogP contribution is 2.04. The Balaban J connectivity index is 2.61. The molecule has 9 nitrogen and oxygen atoms in total. The standard InChI is InChI=1S/C19H29N5O4/c1-12(2)17(21)19(28)22-9-8-16(26)24-14(18(27)23-11-15(20)25)10-13-6-4-3-5-7-13/h3-7,12,14,17H,8-11,21H2,1-2H3,(H2,20,25)(H,22,28)(H,23,27)(H,24,26)/t14-,17-/m0/s1. The Labute approximate surface area is 164 Å². The molecule has 0 fully saturated rings. The van der Waals surface area contributed by atoms with Crippen molar-refractivity contribution in [1.82, 2.24) is 16.0 Å². The van der Waals surface area contributed by atoms with Gasteiger partial charge in [0.25, 0.3) is 0 Å². The summed E-state index contributed by atoms with van der Waals surface area (Å²) in [7, 11) is 0. The molecule has 7 N–H and O–H groups in total. The third-order valence-corrected chi connectivity index (χ3v) is 4.04. The molecule has 0 radical (unpaired) electrons. The van der Waals surface area contributed by atoms with Crippen LogP contribution in [0.4, 0.5) is 0 Å². The van der Waals surface area contributed by atoms with Crippen LogP contribution < -0.4 is 27.4 Å². The largest absolute Gasteiger partial charge is 0.368 e. The summed E-state index contributed by atoms with van der Waals surface area (Å²) in [5.41, 5.74) is 11.6. The molecule has 0 saturated carbocycles. The van der Waals surface area contributed by atoms with Crippen LogP contribution in [-0.2, 0) is 25.6 Å². The zero-order valence-electron chi connectivity index (χ0n) is 16.2. The van der Waals surface area contributed by atoms with Gasteiger partial charge in [-0.3, -0.25) is 19.2 Å². The van der Waals surface area contributed by atoms with E-state index in [9.17, 15) is 19.2 Å². The van der Waals surface area contributed by atoms with E-state index in [1.807, 2.05) is 44.2 Å². The predicted octanol–water partition coefficient (Wildman–Crippen LogP) is -1.19.